The molecular formula is C13H18BrN3O. The highest BCUT2D eigenvalue weighted by Crippen LogP contribution is 2.44. The molecule has 2 aliphatic heterocycles. The molecule has 0 radical (unpaired) electrons. The molecule has 3 heterocycles. The number of nitrogens with zero attached hydrogens (tertiary/aromatic N) is 2. The van der Waals surface area contributed by atoms with Gasteiger partial charge >= 0.3 is 0 Å². The van der Waals surface area contributed by atoms with Crippen LogP contribution in [-0.2, 0) is 4.74 Å². The van der Waals surface area contributed by atoms with E-state index >= 15 is 0 Å². The van der Waals surface area contributed by atoms with Gasteiger partial charge < -0.3 is 10.5 Å². The second-order valence-electron chi connectivity index (χ2n) is 5.54. The van der Waals surface area contributed by atoms with E-state index in [2.05, 4.69) is 34.8 Å². The van der Waals surface area contributed by atoms with Gasteiger partial charge in [0.25, 0.3) is 0 Å². The van der Waals surface area contributed by atoms with Crippen molar-refractivity contribution in [2.24, 2.45) is 0 Å². The number of ether oxygens (including phenoxy) is 1. The first-order valence-corrected chi connectivity index (χ1v) is 7.33. The molecule has 1 aromatic heterocycles. The van der Waals surface area contributed by atoms with Gasteiger partial charge in [0.2, 0.25) is 0 Å². The van der Waals surface area contributed by atoms with Crippen molar-refractivity contribution in [3.05, 3.63) is 16.0 Å². The molecule has 4 nitrogen and oxygen atoms in total. The molecule has 3 atom stereocenters. The van der Waals surface area contributed by atoms with E-state index < -0.39 is 0 Å². The quantitative estimate of drug-likeness (QED) is 0.912. The van der Waals surface area contributed by atoms with Crippen molar-refractivity contribution >= 4 is 21.7 Å². The van der Waals surface area contributed by atoms with Crippen molar-refractivity contribution in [3.63, 3.8) is 0 Å². The van der Waals surface area contributed by atoms with Crippen molar-refractivity contribution in [3.8, 4) is 0 Å². The minimum absolute atomic E-state index is 0.301. The second kappa shape index (κ2) is 4.46. The van der Waals surface area contributed by atoms with Crippen LogP contribution in [0.3, 0.4) is 0 Å². The molecule has 0 saturated carbocycles. The van der Waals surface area contributed by atoms with Crippen molar-refractivity contribution in [1.29, 1.82) is 0 Å². The number of fused-ring (bicyclic) bond motifs is 2. The number of anilines is 1. The monoisotopic (exact) mass is 311 g/mol. The van der Waals surface area contributed by atoms with Crippen LogP contribution < -0.4 is 5.73 Å². The van der Waals surface area contributed by atoms with Crippen molar-refractivity contribution in [2.45, 2.75) is 57.2 Å². The molecule has 3 unspecified atom stereocenters. The largest absolute Gasteiger partial charge is 0.383 e. The highest BCUT2D eigenvalue weighted by Gasteiger charge is 2.43. The van der Waals surface area contributed by atoms with E-state index in [0.717, 1.165) is 28.8 Å². The molecule has 2 saturated heterocycles. The summed E-state index contributed by atoms with van der Waals surface area (Å²) in [4.78, 5) is 9.17. The third-order valence-corrected chi connectivity index (χ3v) is 4.72. The molecule has 5 heteroatoms. The Labute approximate surface area is 115 Å². The number of nitrogens with two attached hydrogens (primary N) is 1. The maximum atomic E-state index is 5.99. The second-order valence-corrected chi connectivity index (χ2v) is 6.33. The van der Waals surface area contributed by atoms with Crippen LogP contribution in [-0.4, -0.2) is 22.2 Å². The summed E-state index contributed by atoms with van der Waals surface area (Å²) in [5.74, 6) is 2.08. The number of hydrogen-bond acceptors (Lipinski definition) is 4. The smallest absolute Gasteiger partial charge is 0.141 e. The molecule has 2 fully saturated rings. The van der Waals surface area contributed by atoms with E-state index in [-0.39, 0.29) is 0 Å². The third kappa shape index (κ3) is 1.93. The van der Waals surface area contributed by atoms with Gasteiger partial charge in [-0.15, -0.1) is 0 Å². The lowest BCUT2D eigenvalue weighted by Gasteiger charge is -2.19. The summed E-state index contributed by atoms with van der Waals surface area (Å²) in [6, 6.07) is 0. The van der Waals surface area contributed by atoms with Crippen LogP contribution in [0, 0.1) is 0 Å². The normalized spacial score (nSPS) is 30.3. The molecular weight excluding hydrogens is 294 g/mol. The summed E-state index contributed by atoms with van der Waals surface area (Å²) in [5, 5.41) is 0. The van der Waals surface area contributed by atoms with Crippen molar-refractivity contribution < 1.29 is 4.74 Å². The van der Waals surface area contributed by atoms with Crippen LogP contribution in [0.4, 0.5) is 5.82 Å². The first-order chi connectivity index (χ1) is 8.56. The maximum Gasteiger partial charge on any atom is 0.141 e. The molecule has 2 N–H and O–H groups in total. The average molecular weight is 312 g/mol. The van der Waals surface area contributed by atoms with Crippen LogP contribution in [0.25, 0.3) is 0 Å². The summed E-state index contributed by atoms with van der Waals surface area (Å²) in [5.41, 5.74) is 6.99. The molecule has 0 amide bonds. The highest BCUT2D eigenvalue weighted by molar-refractivity contribution is 9.10. The Morgan fingerprint density at radius 3 is 2.67 bits per heavy atom. The first kappa shape index (κ1) is 12.4. The topological polar surface area (TPSA) is 61.0 Å². The molecule has 3 rings (SSSR count). The molecule has 98 valence electrons. The number of rotatable bonds is 2. The van der Waals surface area contributed by atoms with Gasteiger partial charge in [0, 0.05) is 5.92 Å². The lowest BCUT2D eigenvalue weighted by molar-refractivity contribution is 0.0998. The zero-order chi connectivity index (χ0) is 12.9. The van der Waals surface area contributed by atoms with E-state index in [0.29, 0.717) is 29.9 Å². The summed E-state index contributed by atoms with van der Waals surface area (Å²) >= 11 is 3.48. The molecule has 0 spiro atoms. The fourth-order valence-corrected chi connectivity index (χ4v) is 3.59. The molecule has 2 bridgehead atoms. The fraction of sp³-hybridized carbons (Fsp3) is 0.692. The predicted octanol–water partition coefficient (Wildman–Crippen LogP) is 2.98. The zero-order valence-electron chi connectivity index (χ0n) is 10.7. The number of halogens is 1. The Morgan fingerprint density at radius 2 is 2.11 bits per heavy atom. The number of aromatic nitrogens is 2. The third-order valence-electron chi connectivity index (χ3n) is 3.90. The molecule has 2 aliphatic rings. The maximum absolute atomic E-state index is 5.99. The van der Waals surface area contributed by atoms with Gasteiger partial charge in [-0.3, -0.25) is 0 Å². The van der Waals surface area contributed by atoms with Gasteiger partial charge in [-0.1, -0.05) is 13.8 Å². The van der Waals surface area contributed by atoms with Gasteiger partial charge in [-0.25, -0.2) is 9.97 Å². The van der Waals surface area contributed by atoms with Crippen LogP contribution >= 0.6 is 15.9 Å². The summed E-state index contributed by atoms with van der Waals surface area (Å²) < 4.78 is 6.72. The lowest BCUT2D eigenvalue weighted by atomic mass is 9.88. The standard InChI is InChI=1S/C13H18BrN3O/c1-6(2)11-10(14)12(15)17-13(16-11)8-5-7-3-4-9(8)18-7/h6-9H,3-5H2,1-2H3,(H2,15,16,17). The van der Waals surface area contributed by atoms with Gasteiger partial charge in [0.05, 0.1) is 22.4 Å². The lowest BCUT2D eigenvalue weighted by Crippen LogP contribution is -2.19. The number of nitrogen functional groups attached to an aromatic ring is 1. The van der Waals surface area contributed by atoms with Crippen molar-refractivity contribution in [1.82, 2.24) is 9.97 Å². The van der Waals surface area contributed by atoms with Gasteiger partial charge in [0.1, 0.15) is 11.6 Å². The number of hydrogen-bond donors (Lipinski definition) is 1. The Morgan fingerprint density at radius 1 is 1.33 bits per heavy atom. The predicted molar refractivity (Wildman–Crippen MR) is 73.5 cm³/mol. The Bertz CT molecular complexity index is 478. The van der Waals surface area contributed by atoms with Crippen LogP contribution in [0.5, 0.6) is 0 Å². The van der Waals surface area contributed by atoms with Crippen molar-refractivity contribution in [2.75, 3.05) is 5.73 Å². The first-order valence-electron chi connectivity index (χ1n) is 6.54. The molecule has 0 aromatic carbocycles. The fourth-order valence-electron chi connectivity index (χ4n) is 2.96. The summed E-state index contributed by atoms with van der Waals surface area (Å²) in [6.07, 6.45) is 4.07. The SMILES string of the molecule is CC(C)c1nc(C2CC3CCC2O3)nc(N)c1Br. The minimum Gasteiger partial charge on any atom is -0.383 e. The van der Waals surface area contributed by atoms with E-state index in [1.54, 1.807) is 0 Å². The minimum atomic E-state index is 0.301. The van der Waals surface area contributed by atoms with Gasteiger partial charge in [0.15, 0.2) is 0 Å². The zero-order valence-corrected chi connectivity index (χ0v) is 12.3. The summed E-state index contributed by atoms with van der Waals surface area (Å²) in [6.45, 7) is 4.24. The van der Waals surface area contributed by atoms with E-state index in [1.807, 2.05) is 0 Å². The van der Waals surface area contributed by atoms with E-state index in [9.17, 15) is 0 Å². The molecule has 1 aromatic rings. The van der Waals surface area contributed by atoms with Gasteiger partial charge in [-0.2, -0.15) is 0 Å². The molecule has 18 heavy (non-hydrogen) atoms. The average Bonchev–Trinajstić information content (AvgIpc) is 2.94. The van der Waals surface area contributed by atoms with Gasteiger partial charge in [-0.05, 0) is 41.1 Å². The van der Waals surface area contributed by atoms with E-state index in [1.165, 1.54) is 6.42 Å². The van der Waals surface area contributed by atoms with Crippen LogP contribution in [0.15, 0.2) is 4.47 Å². The Hall–Kier alpha value is -0.680. The van der Waals surface area contributed by atoms with Crippen LogP contribution in [0.2, 0.25) is 0 Å². The Balaban J connectivity index is 1.98. The summed E-state index contributed by atoms with van der Waals surface area (Å²) in [7, 11) is 0. The Kier molecular flexibility index (Phi) is 3.06. The molecule has 0 aliphatic carbocycles. The highest BCUT2D eigenvalue weighted by atomic mass is 79.9. The van der Waals surface area contributed by atoms with E-state index in [4.69, 9.17) is 15.5 Å². The van der Waals surface area contributed by atoms with Crippen LogP contribution in [0.1, 0.15) is 56.5 Å².